The molecule has 9 heteroatoms. The van der Waals surface area contributed by atoms with E-state index < -0.39 is 24.5 Å². The summed E-state index contributed by atoms with van der Waals surface area (Å²) in [6, 6.07) is 4.09. The van der Waals surface area contributed by atoms with Gasteiger partial charge >= 0.3 is 12.0 Å². The monoisotopic (exact) mass is 412 g/mol. The molecule has 30 heavy (non-hydrogen) atoms. The van der Waals surface area contributed by atoms with Crippen LogP contribution in [-0.2, 0) is 22.5 Å². The smallest absolute Gasteiger partial charge is 0.338 e. The highest BCUT2D eigenvalue weighted by Gasteiger charge is 2.24. The Morgan fingerprint density at radius 3 is 2.73 bits per heavy atom. The van der Waals surface area contributed by atoms with Gasteiger partial charge in [-0.1, -0.05) is 12.8 Å². The Hall–Kier alpha value is -3.23. The van der Waals surface area contributed by atoms with Gasteiger partial charge in [-0.05, 0) is 43.9 Å². The zero-order chi connectivity index (χ0) is 21.1. The normalized spacial score (nSPS) is 16.1. The lowest BCUT2D eigenvalue weighted by atomic mass is 10.1. The van der Waals surface area contributed by atoms with Crippen LogP contribution in [0.15, 0.2) is 23.0 Å². The third-order valence-electron chi connectivity index (χ3n) is 5.30. The molecule has 2 heterocycles. The van der Waals surface area contributed by atoms with Gasteiger partial charge < -0.3 is 10.1 Å². The topological polar surface area (TPSA) is 119 Å². The second-order valence-electron chi connectivity index (χ2n) is 7.75. The Bertz CT molecular complexity index is 1060. The molecule has 1 aliphatic heterocycles. The summed E-state index contributed by atoms with van der Waals surface area (Å²) >= 11 is 0. The van der Waals surface area contributed by atoms with Crippen LogP contribution in [0.4, 0.5) is 4.79 Å². The van der Waals surface area contributed by atoms with Crippen LogP contribution in [0.2, 0.25) is 0 Å². The zero-order valence-electron chi connectivity index (χ0n) is 16.6. The minimum absolute atomic E-state index is 0.0992. The molecule has 9 nitrogen and oxygen atoms in total. The average molecular weight is 412 g/mol. The number of rotatable bonds is 4. The van der Waals surface area contributed by atoms with Gasteiger partial charge in [0.15, 0.2) is 6.61 Å². The molecule has 2 aliphatic rings. The van der Waals surface area contributed by atoms with Gasteiger partial charge in [-0.25, -0.2) is 14.6 Å². The number of nitrogens with one attached hydrogen (secondary N) is 2. The second kappa shape index (κ2) is 8.64. The summed E-state index contributed by atoms with van der Waals surface area (Å²) in [4.78, 5) is 53.1. The first-order chi connectivity index (χ1) is 14.5. The van der Waals surface area contributed by atoms with Gasteiger partial charge in [0.05, 0.1) is 16.5 Å². The average Bonchev–Trinajstić information content (AvgIpc) is 3.51. The quantitative estimate of drug-likeness (QED) is 0.737. The van der Waals surface area contributed by atoms with Crippen LogP contribution >= 0.6 is 0 Å². The zero-order valence-corrected chi connectivity index (χ0v) is 16.6. The number of hydrogen-bond donors (Lipinski definition) is 2. The molecule has 0 bridgehead atoms. The van der Waals surface area contributed by atoms with Gasteiger partial charge in [0.1, 0.15) is 5.82 Å². The SMILES string of the molecule is O=C(COC(=O)c1ccc2c(=O)n3c(nc2c1)CCCCCC3)NC(=O)NC1CC1. The number of nitrogens with zero attached hydrogens (tertiary/aromatic N) is 2. The summed E-state index contributed by atoms with van der Waals surface area (Å²) < 4.78 is 6.73. The van der Waals surface area contributed by atoms with E-state index in [1.54, 1.807) is 10.6 Å². The molecule has 1 fully saturated rings. The van der Waals surface area contributed by atoms with E-state index in [4.69, 9.17) is 4.74 Å². The molecular formula is C21H24N4O5. The molecule has 4 rings (SSSR count). The number of carbonyl (C=O) groups excluding carboxylic acids is 3. The van der Waals surface area contributed by atoms with E-state index in [2.05, 4.69) is 15.6 Å². The van der Waals surface area contributed by atoms with Gasteiger partial charge in [0.25, 0.3) is 11.5 Å². The minimum atomic E-state index is -0.719. The van der Waals surface area contributed by atoms with Crippen LogP contribution in [-0.4, -0.2) is 40.1 Å². The summed E-state index contributed by atoms with van der Waals surface area (Å²) in [7, 11) is 0. The maximum absolute atomic E-state index is 12.8. The fourth-order valence-electron chi connectivity index (χ4n) is 3.55. The minimum Gasteiger partial charge on any atom is -0.452 e. The number of fused-ring (bicyclic) bond motifs is 2. The summed E-state index contributed by atoms with van der Waals surface area (Å²) in [5.41, 5.74) is 0.535. The number of urea groups is 1. The fraction of sp³-hybridized carbons (Fsp3) is 0.476. The van der Waals surface area contributed by atoms with Crippen LogP contribution in [0, 0.1) is 0 Å². The Labute approximate surface area is 172 Å². The Morgan fingerprint density at radius 1 is 1.13 bits per heavy atom. The molecule has 0 unspecified atom stereocenters. The lowest BCUT2D eigenvalue weighted by molar-refractivity contribution is -0.123. The van der Waals surface area contributed by atoms with Crippen molar-refractivity contribution in [3.05, 3.63) is 39.9 Å². The number of aromatic nitrogens is 2. The van der Waals surface area contributed by atoms with Crippen molar-refractivity contribution in [3.8, 4) is 0 Å². The van der Waals surface area contributed by atoms with Crippen molar-refractivity contribution in [1.82, 2.24) is 20.2 Å². The number of benzene rings is 1. The van der Waals surface area contributed by atoms with Crippen LogP contribution in [0.25, 0.3) is 10.9 Å². The van der Waals surface area contributed by atoms with Crippen molar-refractivity contribution in [2.24, 2.45) is 0 Å². The van der Waals surface area contributed by atoms with Crippen LogP contribution < -0.4 is 16.2 Å². The van der Waals surface area contributed by atoms with E-state index >= 15 is 0 Å². The molecule has 1 aromatic carbocycles. The third kappa shape index (κ3) is 4.67. The largest absolute Gasteiger partial charge is 0.452 e. The third-order valence-corrected chi connectivity index (χ3v) is 5.30. The highest BCUT2D eigenvalue weighted by atomic mass is 16.5. The molecule has 2 aromatic rings. The molecule has 0 spiro atoms. The molecule has 1 aliphatic carbocycles. The van der Waals surface area contributed by atoms with E-state index in [0.717, 1.165) is 50.8 Å². The molecule has 2 N–H and O–H groups in total. The summed E-state index contributed by atoms with van der Waals surface area (Å²) in [5, 5.41) is 5.18. The molecule has 0 radical (unpaired) electrons. The first-order valence-corrected chi connectivity index (χ1v) is 10.3. The standard InChI is InChI=1S/C21H24N4O5/c26-18(24-21(29)22-14-7-8-14)12-30-20(28)13-6-9-15-16(11-13)23-17-5-3-1-2-4-10-25(17)19(15)27/h6,9,11,14H,1-5,7-8,10,12H2,(H2,22,24,26,29). The first kappa shape index (κ1) is 20.1. The molecule has 3 amide bonds. The maximum atomic E-state index is 12.8. The first-order valence-electron chi connectivity index (χ1n) is 10.3. The predicted molar refractivity (Wildman–Crippen MR) is 108 cm³/mol. The molecule has 1 aromatic heterocycles. The number of esters is 1. The molecular weight excluding hydrogens is 388 g/mol. The lowest BCUT2D eigenvalue weighted by Crippen LogP contribution is -2.42. The number of imide groups is 1. The predicted octanol–water partition coefficient (Wildman–Crippen LogP) is 1.66. The van der Waals surface area contributed by atoms with E-state index in [9.17, 15) is 19.2 Å². The van der Waals surface area contributed by atoms with Crippen molar-refractivity contribution in [2.75, 3.05) is 6.61 Å². The van der Waals surface area contributed by atoms with Crippen LogP contribution in [0.1, 0.15) is 54.7 Å². The number of ether oxygens (including phenoxy) is 1. The summed E-state index contributed by atoms with van der Waals surface area (Å²) in [6.07, 6.45) is 6.67. The van der Waals surface area contributed by atoms with Crippen molar-refractivity contribution >= 4 is 28.8 Å². The summed E-state index contributed by atoms with van der Waals surface area (Å²) in [5.74, 6) is -0.692. The fourth-order valence-corrected chi connectivity index (χ4v) is 3.55. The van der Waals surface area contributed by atoms with Gasteiger partial charge in [-0.15, -0.1) is 0 Å². The van der Waals surface area contributed by atoms with E-state index in [1.165, 1.54) is 12.1 Å². The highest BCUT2D eigenvalue weighted by Crippen LogP contribution is 2.18. The number of amides is 3. The lowest BCUT2D eigenvalue weighted by Gasteiger charge is -2.16. The highest BCUT2D eigenvalue weighted by molar-refractivity contribution is 5.98. The van der Waals surface area contributed by atoms with Crippen LogP contribution in [0.5, 0.6) is 0 Å². The van der Waals surface area contributed by atoms with Gasteiger partial charge in [-0.2, -0.15) is 0 Å². The Morgan fingerprint density at radius 2 is 1.93 bits per heavy atom. The second-order valence-corrected chi connectivity index (χ2v) is 7.75. The Kier molecular flexibility index (Phi) is 5.78. The molecule has 1 saturated carbocycles. The molecule has 158 valence electrons. The van der Waals surface area contributed by atoms with E-state index in [0.29, 0.717) is 17.4 Å². The summed E-state index contributed by atoms with van der Waals surface area (Å²) in [6.45, 7) is 0.0829. The van der Waals surface area contributed by atoms with E-state index in [1.807, 2.05) is 0 Å². The van der Waals surface area contributed by atoms with Crippen molar-refractivity contribution < 1.29 is 19.1 Å². The molecule has 0 saturated heterocycles. The van der Waals surface area contributed by atoms with Crippen molar-refractivity contribution in [3.63, 3.8) is 0 Å². The van der Waals surface area contributed by atoms with Crippen molar-refractivity contribution in [1.29, 1.82) is 0 Å². The maximum Gasteiger partial charge on any atom is 0.338 e. The van der Waals surface area contributed by atoms with E-state index in [-0.39, 0.29) is 17.2 Å². The Balaban J connectivity index is 1.45. The number of aryl methyl sites for hydroxylation is 1. The molecule has 0 atom stereocenters. The van der Waals surface area contributed by atoms with Crippen molar-refractivity contribution in [2.45, 2.75) is 57.5 Å². The van der Waals surface area contributed by atoms with Gasteiger partial charge in [0, 0.05) is 19.0 Å². The van der Waals surface area contributed by atoms with Crippen LogP contribution in [0.3, 0.4) is 0 Å². The number of carbonyl (C=O) groups is 3. The number of hydrogen-bond acceptors (Lipinski definition) is 6. The van der Waals surface area contributed by atoms with Gasteiger partial charge in [0.2, 0.25) is 0 Å². The van der Waals surface area contributed by atoms with Gasteiger partial charge in [-0.3, -0.25) is 19.5 Å².